The lowest BCUT2D eigenvalue weighted by atomic mass is 10.2. The van der Waals surface area contributed by atoms with Crippen LogP contribution in [0.4, 0.5) is 15.8 Å². The van der Waals surface area contributed by atoms with Crippen molar-refractivity contribution in [2.45, 2.75) is 26.4 Å². The monoisotopic (exact) mass is 356 g/mol. The number of rotatable bonds is 5. The maximum atomic E-state index is 14.1. The second-order valence-electron chi connectivity index (χ2n) is 4.98. The summed E-state index contributed by atoms with van der Waals surface area (Å²) in [6.07, 6.45) is 0. The van der Waals surface area contributed by atoms with Gasteiger partial charge in [0.05, 0.1) is 9.47 Å². The van der Waals surface area contributed by atoms with Crippen molar-refractivity contribution < 1.29 is 4.39 Å². The highest BCUT2D eigenvalue weighted by Crippen LogP contribution is 2.25. The Morgan fingerprint density at radius 3 is 2.65 bits per heavy atom. The highest BCUT2D eigenvalue weighted by atomic mass is 79.9. The lowest BCUT2D eigenvalue weighted by Gasteiger charge is -2.24. The fraction of sp³-hybridized carbons (Fsp3) is 0.333. The van der Waals surface area contributed by atoms with Crippen molar-refractivity contribution >= 4 is 38.6 Å². The van der Waals surface area contributed by atoms with Gasteiger partial charge in [-0.1, -0.05) is 0 Å². The third-order valence-electron chi connectivity index (χ3n) is 3.22. The number of nitrogens with zero attached hydrogens (tertiary/aromatic N) is 1. The van der Waals surface area contributed by atoms with Crippen molar-refractivity contribution in [1.82, 2.24) is 0 Å². The van der Waals surface area contributed by atoms with Crippen LogP contribution < -0.4 is 10.2 Å². The van der Waals surface area contributed by atoms with E-state index in [-0.39, 0.29) is 11.9 Å². The van der Waals surface area contributed by atoms with Crippen LogP contribution in [0.1, 0.15) is 19.4 Å². The predicted octanol–water partition coefficient (Wildman–Crippen LogP) is 5.11. The molecule has 5 heteroatoms. The van der Waals surface area contributed by atoms with Crippen LogP contribution in [0.15, 0.2) is 33.4 Å². The van der Waals surface area contributed by atoms with Gasteiger partial charge in [0.25, 0.3) is 0 Å². The zero-order valence-electron chi connectivity index (χ0n) is 11.8. The number of hydrogen-bond donors (Lipinski definition) is 1. The Bertz CT molecular complexity index is 583. The van der Waals surface area contributed by atoms with E-state index < -0.39 is 0 Å². The largest absolute Gasteiger partial charge is 0.381 e. The highest BCUT2D eigenvalue weighted by Gasteiger charge is 2.10. The smallest absolute Gasteiger partial charge is 0.148 e. The Labute approximate surface area is 131 Å². The molecule has 1 aromatic heterocycles. The first-order valence-corrected chi connectivity index (χ1v) is 8.14. The minimum Gasteiger partial charge on any atom is -0.381 e. The molecule has 0 bridgehead atoms. The topological polar surface area (TPSA) is 15.3 Å². The molecule has 0 saturated carbocycles. The summed E-state index contributed by atoms with van der Waals surface area (Å²) in [6, 6.07) is 7.62. The standard InChI is InChI=1S/C15H18BrFN2S/c1-10(2)19(3)14-5-4-12(7-13(14)17)18-8-11-6-15(16)20-9-11/h4-7,9-10,18H,8H2,1-3H3. The molecule has 0 radical (unpaired) electrons. The van der Waals surface area contributed by atoms with Crippen LogP contribution in [0.3, 0.4) is 0 Å². The number of halogens is 2. The minimum absolute atomic E-state index is 0.197. The maximum absolute atomic E-state index is 14.1. The molecule has 1 aromatic carbocycles. The Morgan fingerprint density at radius 2 is 2.10 bits per heavy atom. The quantitative estimate of drug-likeness (QED) is 0.800. The fourth-order valence-corrected chi connectivity index (χ4v) is 3.03. The number of hydrogen-bond acceptors (Lipinski definition) is 3. The van der Waals surface area contributed by atoms with Crippen LogP contribution in [0, 0.1) is 5.82 Å². The molecule has 2 nitrogen and oxygen atoms in total. The van der Waals surface area contributed by atoms with E-state index >= 15 is 0 Å². The van der Waals surface area contributed by atoms with E-state index in [0.717, 1.165) is 9.47 Å². The molecule has 0 spiro atoms. The van der Waals surface area contributed by atoms with Crippen LogP contribution >= 0.6 is 27.3 Å². The van der Waals surface area contributed by atoms with Crippen LogP contribution in [0.5, 0.6) is 0 Å². The average Bonchev–Trinajstić information content (AvgIpc) is 2.81. The zero-order valence-corrected chi connectivity index (χ0v) is 14.2. The normalized spacial score (nSPS) is 10.9. The molecule has 0 atom stereocenters. The van der Waals surface area contributed by atoms with Crippen molar-refractivity contribution in [2.75, 3.05) is 17.3 Å². The molecule has 1 heterocycles. The second kappa shape index (κ2) is 6.59. The summed E-state index contributed by atoms with van der Waals surface area (Å²) < 4.78 is 15.2. The van der Waals surface area contributed by atoms with Crippen LogP contribution in [-0.4, -0.2) is 13.1 Å². The Kier molecular flexibility index (Phi) is 5.05. The Hall–Kier alpha value is -1.07. The van der Waals surface area contributed by atoms with Gasteiger partial charge in [0.2, 0.25) is 0 Å². The third-order valence-corrected chi connectivity index (χ3v) is 4.77. The number of nitrogens with one attached hydrogen (secondary N) is 1. The first-order valence-electron chi connectivity index (χ1n) is 6.46. The first-order chi connectivity index (χ1) is 9.47. The molecule has 2 rings (SSSR count). The van der Waals surface area contributed by atoms with Gasteiger partial charge >= 0.3 is 0 Å². The van der Waals surface area contributed by atoms with E-state index in [2.05, 4.69) is 32.7 Å². The van der Waals surface area contributed by atoms with Gasteiger partial charge in [-0.25, -0.2) is 4.39 Å². The lowest BCUT2D eigenvalue weighted by molar-refractivity contribution is 0.614. The van der Waals surface area contributed by atoms with Gasteiger partial charge in [-0.3, -0.25) is 0 Å². The number of benzene rings is 1. The third kappa shape index (κ3) is 3.73. The van der Waals surface area contributed by atoms with Gasteiger partial charge in [0, 0.05) is 25.3 Å². The lowest BCUT2D eigenvalue weighted by Crippen LogP contribution is -2.26. The molecular weight excluding hydrogens is 339 g/mol. The molecule has 0 saturated heterocycles. The van der Waals surface area contributed by atoms with Gasteiger partial charge in [-0.05, 0) is 65.0 Å². The van der Waals surface area contributed by atoms with Crippen molar-refractivity contribution in [3.05, 3.63) is 44.8 Å². The van der Waals surface area contributed by atoms with E-state index in [0.29, 0.717) is 12.2 Å². The first kappa shape index (κ1) is 15.3. The molecule has 0 aliphatic heterocycles. The number of anilines is 2. The minimum atomic E-state index is -0.197. The highest BCUT2D eigenvalue weighted by molar-refractivity contribution is 9.11. The molecule has 0 amide bonds. The van der Waals surface area contributed by atoms with Crippen molar-refractivity contribution in [3.8, 4) is 0 Å². The molecule has 108 valence electrons. The van der Waals surface area contributed by atoms with E-state index in [1.807, 2.05) is 37.9 Å². The summed E-state index contributed by atoms with van der Waals surface area (Å²) in [5.41, 5.74) is 2.61. The molecule has 0 aliphatic rings. The molecule has 0 aliphatic carbocycles. The van der Waals surface area contributed by atoms with Crippen molar-refractivity contribution in [2.24, 2.45) is 0 Å². The van der Waals surface area contributed by atoms with E-state index in [9.17, 15) is 4.39 Å². The summed E-state index contributed by atoms with van der Waals surface area (Å²) in [5.74, 6) is -0.197. The van der Waals surface area contributed by atoms with Crippen molar-refractivity contribution in [3.63, 3.8) is 0 Å². The molecule has 2 aromatic rings. The predicted molar refractivity (Wildman–Crippen MR) is 89.3 cm³/mol. The molecule has 1 N–H and O–H groups in total. The van der Waals surface area contributed by atoms with Gasteiger partial charge in [-0.2, -0.15) is 0 Å². The summed E-state index contributed by atoms with van der Waals surface area (Å²) in [5, 5.41) is 5.32. The fourth-order valence-electron chi connectivity index (χ4n) is 1.82. The van der Waals surface area contributed by atoms with Crippen LogP contribution in [0.25, 0.3) is 0 Å². The summed E-state index contributed by atoms with van der Waals surface area (Å²) in [7, 11) is 1.90. The Morgan fingerprint density at radius 1 is 1.35 bits per heavy atom. The van der Waals surface area contributed by atoms with E-state index in [1.165, 1.54) is 5.56 Å². The van der Waals surface area contributed by atoms with E-state index in [4.69, 9.17) is 0 Å². The van der Waals surface area contributed by atoms with Crippen molar-refractivity contribution in [1.29, 1.82) is 0 Å². The molecular formula is C15H18BrFN2S. The van der Waals surface area contributed by atoms with Crippen LogP contribution in [0.2, 0.25) is 0 Å². The van der Waals surface area contributed by atoms with E-state index in [1.54, 1.807) is 17.4 Å². The average molecular weight is 357 g/mol. The van der Waals surface area contributed by atoms with Gasteiger partial charge in [0.15, 0.2) is 0 Å². The second-order valence-corrected chi connectivity index (χ2v) is 7.27. The maximum Gasteiger partial charge on any atom is 0.148 e. The summed E-state index contributed by atoms with van der Waals surface area (Å²) in [4.78, 5) is 1.93. The Balaban J connectivity index is 2.05. The number of thiophene rings is 1. The summed E-state index contributed by atoms with van der Waals surface area (Å²) >= 11 is 5.08. The molecule has 0 unspecified atom stereocenters. The SMILES string of the molecule is CC(C)N(C)c1ccc(NCc2csc(Br)c2)cc1F. The molecule has 20 heavy (non-hydrogen) atoms. The van der Waals surface area contributed by atoms with Gasteiger partial charge < -0.3 is 10.2 Å². The van der Waals surface area contributed by atoms with Crippen LogP contribution in [-0.2, 0) is 6.54 Å². The molecule has 0 fully saturated rings. The van der Waals surface area contributed by atoms with Gasteiger partial charge in [0.1, 0.15) is 5.82 Å². The summed E-state index contributed by atoms with van der Waals surface area (Å²) in [6.45, 7) is 4.78. The zero-order chi connectivity index (χ0) is 14.7. The van der Waals surface area contributed by atoms with Gasteiger partial charge in [-0.15, -0.1) is 11.3 Å².